The molecule has 0 atom stereocenters. The van der Waals surface area contributed by atoms with Crippen molar-refractivity contribution in [3.05, 3.63) is 23.9 Å². The summed E-state index contributed by atoms with van der Waals surface area (Å²) in [6, 6.07) is 4.10. The van der Waals surface area contributed by atoms with Crippen LogP contribution >= 0.6 is 0 Å². The van der Waals surface area contributed by atoms with Crippen molar-refractivity contribution in [1.82, 2.24) is 10.3 Å². The molecule has 1 fully saturated rings. The van der Waals surface area contributed by atoms with Gasteiger partial charge in [-0.1, -0.05) is 6.07 Å². The normalized spacial score (nSPS) is 14.4. The Balaban J connectivity index is 1.76. The highest BCUT2D eigenvalue weighted by molar-refractivity contribution is 5.45. The molecule has 2 rings (SSSR count). The molecule has 5 heteroatoms. The van der Waals surface area contributed by atoms with Gasteiger partial charge in [0, 0.05) is 52.2 Å². The van der Waals surface area contributed by atoms with Crippen LogP contribution in [0.25, 0.3) is 0 Å². The molecule has 0 spiro atoms. The van der Waals surface area contributed by atoms with Crippen LogP contribution in [0.2, 0.25) is 0 Å². The number of pyridine rings is 1. The number of nitrogens with one attached hydrogen (secondary N) is 1. The summed E-state index contributed by atoms with van der Waals surface area (Å²) in [4.78, 5) is 6.67. The number of methoxy groups -OCH3 is 1. The first-order valence-electron chi connectivity index (χ1n) is 7.73. The zero-order chi connectivity index (χ0) is 14.9. The molecule has 0 unspecified atom stereocenters. The van der Waals surface area contributed by atoms with Crippen LogP contribution in [0.4, 0.5) is 5.82 Å². The summed E-state index contributed by atoms with van der Waals surface area (Å²) >= 11 is 0. The fourth-order valence-electron chi connectivity index (χ4n) is 2.15. The van der Waals surface area contributed by atoms with E-state index in [1.807, 2.05) is 12.3 Å². The molecule has 1 saturated carbocycles. The summed E-state index contributed by atoms with van der Waals surface area (Å²) in [5.74, 6) is 1.85. The Kier molecular flexibility index (Phi) is 6.92. The SMILES string of the molecule is COCCNCc1cccnc1N(C)CCOCC1CC1. The lowest BCUT2D eigenvalue weighted by atomic mass is 10.2. The van der Waals surface area contributed by atoms with E-state index in [0.717, 1.165) is 51.2 Å². The molecular formula is C16H27N3O2. The van der Waals surface area contributed by atoms with Crippen LogP contribution < -0.4 is 10.2 Å². The van der Waals surface area contributed by atoms with E-state index in [1.165, 1.54) is 18.4 Å². The van der Waals surface area contributed by atoms with Crippen LogP contribution in [-0.2, 0) is 16.0 Å². The number of nitrogens with zero attached hydrogens (tertiary/aromatic N) is 2. The third-order valence-electron chi connectivity index (χ3n) is 3.65. The maximum absolute atomic E-state index is 5.70. The van der Waals surface area contributed by atoms with Gasteiger partial charge in [0.05, 0.1) is 13.2 Å². The average Bonchev–Trinajstić information content (AvgIpc) is 3.32. The molecule has 1 aromatic heterocycles. The van der Waals surface area contributed by atoms with Crippen molar-refractivity contribution in [2.24, 2.45) is 5.92 Å². The van der Waals surface area contributed by atoms with Crippen molar-refractivity contribution in [3.63, 3.8) is 0 Å². The summed E-state index contributed by atoms with van der Waals surface area (Å²) < 4.78 is 10.7. The summed E-state index contributed by atoms with van der Waals surface area (Å²) in [6.45, 7) is 4.93. The lowest BCUT2D eigenvalue weighted by Gasteiger charge is -2.21. The predicted octanol–water partition coefficient (Wildman–Crippen LogP) is 1.68. The molecule has 118 valence electrons. The number of anilines is 1. The van der Waals surface area contributed by atoms with Crippen molar-refractivity contribution >= 4 is 5.82 Å². The molecule has 0 bridgehead atoms. The number of rotatable bonds is 11. The minimum atomic E-state index is 0.723. The second-order valence-electron chi connectivity index (χ2n) is 5.60. The van der Waals surface area contributed by atoms with Crippen LogP contribution in [0, 0.1) is 5.92 Å². The molecule has 1 aliphatic rings. The zero-order valence-electron chi connectivity index (χ0n) is 13.2. The molecule has 1 aliphatic carbocycles. The highest BCUT2D eigenvalue weighted by Gasteiger charge is 2.21. The van der Waals surface area contributed by atoms with E-state index < -0.39 is 0 Å². The van der Waals surface area contributed by atoms with Crippen LogP contribution in [0.5, 0.6) is 0 Å². The zero-order valence-corrected chi connectivity index (χ0v) is 13.2. The van der Waals surface area contributed by atoms with Crippen molar-refractivity contribution in [1.29, 1.82) is 0 Å². The van der Waals surface area contributed by atoms with Crippen LogP contribution in [0.1, 0.15) is 18.4 Å². The second kappa shape index (κ2) is 8.97. The average molecular weight is 293 g/mol. The molecule has 0 aliphatic heterocycles. The molecule has 0 amide bonds. The lowest BCUT2D eigenvalue weighted by molar-refractivity contribution is 0.130. The Labute approximate surface area is 127 Å². The summed E-state index contributed by atoms with van der Waals surface area (Å²) in [5.41, 5.74) is 1.21. The molecular weight excluding hydrogens is 266 g/mol. The summed E-state index contributed by atoms with van der Waals surface area (Å²) in [6.07, 6.45) is 4.52. The quantitative estimate of drug-likeness (QED) is 0.629. The number of hydrogen-bond donors (Lipinski definition) is 1. The van der Waals surface area contributed by atoms with Gasteiger partial charge in [-0.2, -0.15) is 0 Å². The van der Waals surface area contributed by atoms with E-state index in [4.69, 9.17) is 9.47 Å². The minimum Gasteiger partial charge on any atom is -0.383 e. The van der Waals surface area contributed by atoms with Gasteiger partial charge in [-0.3, -0.25) is 0 Å². The van der Waals surface area contributed by atoms with Gasteiger partial charge in [0.2, 0.25) is 0 Å². The first kappa shape index (κ1) is 16.2. The van der Waals surface area contributed by atoms with Gasteiger partial charge in [-0.15, -0.1) is 0 Å². The highest BCUT2D eigenvalue weighted by Crippen LogP contribution is 2.28. The minimum absolute atomic E-state index is 0.723. The van der Waals surface area contributed by atoms with Crippen molar-refractivity contribution in [2.45, 2.75) is 19.4 Å². The standard InChI is InChI=1S/C16H27N3O2/c1-19(9-11-21-13-14-5-6-14)16-15(4-3-7-18-16)12-17-8-10-20-2/h3-4,7,14,17H,5-6,8-13H2,1-2H3. The van der Waals surface area contributed by atoms with Crippen LogP contribution in [-0.4, -0.2) is 52.1 Å². The first-order chi connectivity index (χ1) is 10.3. The van der Waals surface area contributed by atoms with Gasteiger partial charge in [0.25, 0.3) is 0 Å². The highest BCUT2D eigenvalue weighted by atomic mass is 16.5. The van der Waals surface area contributed by atoms with E-state index in [9.17, 15) is 0 Å². The maximum atomic E-state index is 5.70. The predicted molar refractivity (Wildman–Crippen MR) is 84.6 cm³/mol. The summed E-state index contributed by atoms with van der Waals surface area (Å²) in [7, 11) is 3.79. The van der Waals surface area contributed by atoms with Gasteiger partial charge >= 0.3 is 0 Å². The Morgan fingerprint density at radius 1 is 1.38 bits per heavy atom. The van der Waals surface area contributed by atoms with Gasteiger partial charge in [-0.05, 0) is 24.8 Å². The van der Waals surface area contributed by atoms with Gasteiger partial charge in [0.15, 0.2) is 0 Å². The Morgan fingerprint density at radius 2 is 2.24 bits per heavy atom. The van der Waals surface area contributed by atoms with Crippen LogP contribution in [0.3, 0.4) is 0 Å². The second-order valence-corrected chi connectivity index (χ2v) is 5.60. The molecule has 1 heterocycles. The lowest BCUT2D eigenvalue weighted by Crippen LogP contribution is -2.26. The fraction of sp³-hybridized carbons (Fsp3) is 0.688. The summed E-state index contributed by atoms with van der Waals surface area (Å²) in [5, 5.41) is 3.37. The number of likely N-dealkylation sites (N-methyl/N-ethyl adjacent to an activating group) is 1. The first-order valence-corrected chi connectivity index (χ1v) is 7.73. The van der Waals surface area contributed by atoms with E-state index in [-0.39, 0.29) is 0 Å². The monoisotopic (exact) mass is 293 g/mol. The smallest absolute Gasteiger partial charge is 0.132 e. The van der Waals surface area contributed by atoms with E-state index in [2.05, 4.69) is 28.3 Å². The molecule has 0 saturated heterocycles. The van der Waals surface area contributed by atoms with Gasteiger partial charge in [-0.25, -0.2) is 4.98 Å². The van der Waals surface area contributed by atoms with Gasteiger partial charge < -0.3 is 19.7 Å². The number of hydrogen-bond acceptors (Lipinski definition) is 5. The van der Waals surface area contributed by atoms with E-state index in [1.54, 1.807) is 7.11 Å². The number of aromatic nitrogens is 1. The molecule has 1 N–H and O–H groups in total. The van der Waals surface area contributed by atoms with E-state index in [0.29, 0.717) is 0 Å². The van der Waals surface area contributed by atoms with E-state index >= 15 is 0 Å². The van der Waals surface area contributed by atoms with Crippen molar-refractivity contribution in [2.75, 3.05) is 52.0 Å². The Morgan fingerprint density at radius 3 is 3.00 bits per heavy atom. The van der Waals surface area contributed by atoms with Crippen molar-refractivity contribution < 1.29 is 9.47 Å². The molecule has 21 heavy (non-hydrogen) atoms. The third kappa shape index (κ3) is 5.99. The Bertz CT molecular complexity index is 410. The number of ether oxygens (including phenoxy) is 2. The third-order valence-corrected chi connectivity index (χ3v) is 3.65. The van der Waals surface area contributed by atoms with Crippen molar-refractivity contribution in [3.8, 4) is 0 Å². The Hall–Kier alpha value is -1.17. The molecule has 0 radical (unpaired) electrons. The van der Waals surface area contributed by atoms with Gasteiger partial charge in [0.1, 0.15) is 5.82 Å². The maximum Gasteiger partial charge on any atom is 0.132 e. The molecule has 1 aromatic rings. The van der Waals surface area contributed by atoms with Crippen LogP contribution in [0.15, 0.2) is 18.3 Å². The fourth-order valence-corrected chi connectivity index (χ4v) is 2.15. The largest absolute Gasteiger partial charge is 0.383 e. The molecule has 5 nitrogen and oxygen atoms in total. The molecule has 0 aromatic carbocycles. The topological polar surface area (TPSA) is 46.6 Å².